The molecule has 1 aromatic rings. The molecule has 1 atom stereocenters. The van der Waals surface area contributed by atoms with Gasteiger partial charge < -0.3 is 20.7 Å². The first-order valence-corrected chi connectivity index (χ1v) is 6.55. The molecular weight excluding hydrogens is 258 g/mol. The molecule has 0 aromatic heterocycles. The number of nitrogens with one attached hydrogen (secondary N) is 1. The van der Waals surface area contributed by atoms with Crippen LogP contribution in [0.5, 0.6) is 5.75 Å². The lowest BCUT2D eigenvalue weighted by Crippen LogP contribution is -2.47. The van der Waals surface area contributed by atoms with Gasteiger partial charge in [-0.25, -0.2) is 0 Å². The van der Waals surface area contributed by atoms with E-state index in [-0.39, 0.29) is 31.0 Å². The van der Waals surface area contributed by atoms with Crippen molar-refractivity contribution in [3.63, 3.8) is 0 Å². The Morgan fingerprint density at radius 1 is 1.50 bits per heavy atom. The van der Waals surface area contributed by atoms with Gasteiger partial charge in [0.1, 0.15) is 11.9 Å². The van der Waals surface area contributed by atoms with Crippen LogP contribution in [0.3, 0.4) is 0 Å². The maximum Gasteiger partial charge on any atom is 0.246 e. The minimum absolute atomic E-state index is 0.0595. The summed E-state index contributed by atoms with van der Waals surface area (Å²) in [6.07, 6.45) is -0.0848. The van der Waals surface area contributed by atoms with Gasteiger partial charge in [-0.05, 0) is 31.5 Å². The minimum atomic E-state index is -0.344. The zero-order valence-corrected chi connectivity index (χ0v) is 11.7. The summed E-state index contributed by atoms with van der Waals surface area (Å²) in [5.41, 5.74) is 7.00. The number of nitrogens with zero attached hydrogens (tertiary/aromatic N) is 1. The van der Waals surface area contributed by atoms with Gasteiger partial charge in [0.05, 0.1) is 25.3 Å². The second-order valence-corrected chi connectivity index (χ2v) is 4.88. The normalized spacial score (nSPS) is 17.1. The first-order valence-electron chi connectivity index (χ1n) is 6.55. The van der Waals surface area contributed by atoms with E-state index in [0.29, 0.717) is 12.3 Å². The molecule has 0 bridgehead atoms. The smallest absolute Gasteiger partial charge is 0.246 e. The predicted molar refractivity (Wildman–Crippen MR) is 75.7 cm³/mol. The van der Waals surface area contributed by atoms with Crippen LogP contribution in [0.25, 0.3) is 0 Å². The molecule has 0 spiro atoms. The van der Waals surface area contributed by atoms with Gasteiger partial charge >= 0.3 is 0 Å². The zero-order valence-electron chi connectivity index (χ0n) is 11.7. The van der Waals surface area contributed by atoms with Crippen LogP contribution >= 0.6 is 0 Å². The van der Waals surface area contributed by atoms with Gasteiger partial charge in [-0.3, -0.25) is 9.59 Å². The molecule has 0 aliphatic carbocycles. The highest BCUT2D eigenvalue weighted by atomic mass is 16.5. The van der Waals surface area contributed by atoms with E-state index in [2.05, 4.69) is 5.32 Å². The molecule has 2 amide bonds. The summed E-state index contributed by atoms with van der Waals surface area (Å²) in [6, 6.07) is 5.69. The largest absolute Gasteiger partial charge is 0.487 e. The number of hydrogen-bond donors (Lipinski definition) is 2. The average Bonchev–Trinajstić information content (AvgIpc) is 2.42. The number of carbonyl (C=O) groups excluding carboxylic acids is 2. The molecule has 1 aliphatic rings. The first-order chi connectivity index (χ1) is 9.51. The van der Waals surface area contributed by atoms with E-state index < -0.39 is 0 Å². The van der Waals surface area contributed by atoms with E-state index in [9.17, 15) is 9.59 Å². The van der Waals surface area contributed by atoms with Gasteiger partial charge in [0.2, 0.25) is 11.8 Å². The highest BCUT2D eigenvalue weighted by Gasteiger charge is 2.27. The number of ether oxygens (including phenoxy) is 1. The average molecular weight is 277 g/mol. The number of benzene rings is 1. The van der Waals surface area contributed by atoms with Gasteiger partial charge in [-0.2, -0.15) is 0 Å². The van der Waals surface area contributed by atoms with E-state index in [1.165, 1.54) is 0 Å². The Balaban J connectivity index is 2.16. The third kappa shape index (κ3) is 3.08. The minimum Gasteiger partial charge on any atom is -0.487 e. The lowest BCUT2D eigenvalue weighted by Gasteiger charge is -2.33. The molecule has 0 saturated carbocycles. The molecule has 0 radical (unpaired) electrons. The van der Waals surface area contributed by atoms with Gasteiger partial charge in [0.25, 0.3) is 0 Å². The van der Waals surface area contributed by atoms with Crippen LogP contribution < -0.4 is 20.7 Å². The van der Waals surface area contributed by atoms with Crippen molar-refractivity contribution in [2.75, 3.05) is 24.5 Å². The quantitative estimate of drug-likeness (QED) is 0.825. The monoisotopic (exact) mass is 277 g/mol. The molecule has 2 rings (SSSR count). The van der Waals surface area contributed by atoms with Crippen molar-refractivity contribution in [2.45, 2.75) is 20.0 Å². The maximum absolute atomic E-state index is 12.2. The van der Waals surface area contributed by atoms with E-state index in [4.69, 9.17) is 10.5 Å². The summed E-state index contributed by atoms with van der Waals surface area (Å²) in [6.45, 7) is 4.16. The lowest BCUT2D eigenvalue weighted by molar-refractivity contribution is -0.124. The van der Waals surface area contributed by atoms with Gasteiger partial charge in [-0.15, -0.1) is 0 Å². The van der Waals surface area contributed by atoms with Crippen LogP contribution in [-0.4, -0.2) is 37.6 Å². The Labute approximate surface area is 117 Å². The number of nitrogens with two attached hydrogens (primary N) is 1. The molecule has 1 heterocycles. The van der Waals surface area contributed by atoms with E-state index in [0.717, 1.165) is 11.3 Å². The lowest BCUT2D eigenvalue weighted by atomic mass is 10.1. The van der Waals surface area contributed by atoms with Crippen molar-refractivity contribution in [2.24, 2.45) is 5.73 Å². The second-order valence-electron chi connectivity index (χ2n) is 4.88. The molecular formula is C14H19N3O3. The van der Waals surface area contributed by atoms with Crippen LogP contribution in [0.15, 0.2) is 18.2 Å². The Bertz CT molecular complexity index is 530. The Kier molecular flexibility index (Phi) is 4.24. The van der Waals surface area contributed by atoms with Crippen LogP contribution in [-0.2, 0) is 9.59 Å². The van der Waals surface area contributed by atoms with Crippen molar-refractivity contribution < 1.29 is 14.3 Å². The molecule has 1 aliphatic heterocycles. The number of amides is 2. The van der Waals surface area contributed by atoms with E-state index in [1.54, 1.807) is 4.90 Å². The third-order valence-corrected chi connectivity index (χ3v) is 3.10. The Morgan fingerprint density at radius 3 is 2.95 bits per heavy atom. The molecule has 1 aromatic carbocycles. The molecule has 108 valence electrons. The second kappa shape index (κ2) is 5.92. The van der Waals surface area contributed by atoms with Crippen LogP contribution in [0.1, 0.15) is 12.5 Å². The summed E-state index contributed by atoms with van der Waals surface area (Å²) in [5.74, 6) is 0.179. The zero-order chi connectivity index (χ0) is 14.7. The Morgan fingerprint density at radius 2 is 2.25 bits per heavy atom. The number of hydrogen-bond acceptors (Lipinski definition) is 4. The summed E-state index contributed by atoms with van der Waals surface area (Å²) in [5, 5.41) is 2.49. The fourth-order valence-corrected chi connectivity index (χ4v) is 2.13. The number of fused-ring (bicyclic) bond motifs is 1. The molecule has 0 saturated heterocycles. The standard InChI is InChI=1S/C14H19N3O3/c1-9-3-4-11-12(5-9)20-10(2)8-17(11)14(19)7-16-13(18)6-15/h3-5,10H,6-8,15H2,1-2H3,(H,16,18). The topological polar surface area (TPSA) is 84.7 Å². The Hall–Kier alpha value is -2.08. The van der Waals surface area contributed by atoms with Crippen molar-refractivity contribution >= 4 is 17.5 Å². The summed E-state index contributed by atoms with van der Waals surface area (Å²) >= 11 is 0. The summed E-state index contributed by atoms with van der Waals surface area (Å²) in [4.78, 5) is 25.0. The highest BCUT2D eigenvalue weighted by molar-refractivity contribution is 5.98. The predicted octanol–water partition coefficient (Wildman–Crippen LogP) is 0.184. The molecule has 1 unspecified atom stereocenters. The molecule has 0 fully saturated rings. The molecule has 6 heteroatoms. The van der Waals surface area contributed by atoms with Crippen molar-refractivity contribution in [3.8, 4) is 5.75 Å². The van der Waals surface area contributed by atoms with Crippen molar-refractivity contribution in [3.05, 3.63) is 23.8 Å². The number of aryl methyl sites for hydroxylation is 1. The van der Waals surface area contributed by atoms with E-state index in [1.807, 2.05) is 32.0 Å². The highest BCUT2D eigenvalue weighted by Crippen LogP contribution is 2.34. The number of carbonyl (C=O) groups is 2. The van der Waals surface area contributed by atoms with E-state index >= 15 is 0 Å². The van der Waals surface area contributed by atoms with Crippen LogP contribution in [0, 0.1) is 6.92 Å². The summed E-state index contributed by atoms with van der Waals surface area (Å²) < 4.78 is 5.74. The maximum atomic E-state index is 12.2. The SMILES string of the molecule is Cc1ccc2c(c1)OC(C)CN2C(=O)CNC(=O)CN. The number of rotatable bonds is 3. The van der Waals surface area contributed by atoms with Gasteiger partial charge in [0, 0.05) is 0 Å². The first kappa shape index (κ1) is 14.3. The number of anilines is 1. The molecule has 6 nitrogen and oxygen atoms in total. The third-order valence-electron chi connectivity index (χ3n) is 3.10. The van der Waals surface area contributed by atoms with Gasteiger partial charge in [0.15, 0.2) is 0 Å². The fraction of sp³-hybridized carbons (Fsp3) is 0.429. The van der Waals surface area contributed by atoms with Gasteiger partial charge in [-0.1, -0.05) is 6.07 Å². The molecule has 20 heavy (non-hydrogen) atoms. The molecule has 3 N–H and O–H groups in total. The van der Waals surface area contributed by atoms with Crippen molar-refractivity contribution in [1.29, 1.82) is 0 Å². The summed E-state index contributed by atoms with van der Waals surface area (Å²) in [7, 11) is 0. The van der Waals surface area contributed by atoms with Crippen molar-refractivity contribution in [1.82, 2.24) is 5.32 Å². The fourth-order valence-electron chi connectivity index (χ4n) is 2.13. The van der Waals surface area contributed by atoms with Crippen LogP contribution in [0.4, 0.5) is 5.69 Å². The van der Waals surface area contributed by atoms with Crippen LogP contribution in [0.2, 0.25) is 0 Å².